The number of nitrogens with zero attached hydrogens (tertiary/aromatic N) is 1. The zero-order valence-electron chi connectivity index (χ0n) is 18.6. The molecule has 0 aliphatic carbocycles. The average molecular weight is 452 g/mol. The van der Waals surface area contributed by atoms with Crippen molar-refractivity contribution < 1.29 is 28.4 Å². The van der Waals surface area contributed by atoms with E-state index in [9.17, 15) is 4.79 Å². The van der Waals surface area contributed by atoms with Crippen molar-refractivity contribution in [3.8, 4) is 29.3 Å². The van der Waals surface area contributed by atoms with Gasteiger partial charge in [0, 0.05) is 11.8 Å². The number of nitrogens with one attached hydrogen (secondary N) is 3. The minimum Gasteiger partial charge on any atom is -0.496 e. The maximum atomic E-state index is 11.9. The van der Waals surface area contributed by atoms with Crippen LogP contribution in [0.2, 0.25) is 0 Å². The van der Waals surface area contributed by atoms with Crippen LogP contribution in [0.3, 0.4) is 0 Å². The lowest BCUT2D eigenvalue weighted by atomic mass is 10.1. The second-order valence-electron chi connectivity index (χ2n) is 7.60. The van der Waals surface area contributed by atoms with E-state index < -0.39 is 11.7 Å². The summed E-state index contributed by atoms with van der Waals surface area (Å²) in [6.45, 7) is 5.37. The van der Waals surface area contributed by atoms with Crippen LogP contribution in [0.25, 0.3) is 11.3 Å². The Balaban J connectivity index is 1.47. The summed E-state index contributed by atoms with van der Waals surface area (Å²) >= 11 is 0. The van der Waals surface area contributed by atoms with Gasteiger partial charge in [-0.05, 0) is 51.1 Å². The number of carbonyl (C=O) groups excluding carboxylic acids is 1. The van der Waals surface area contributed by atoms with Crippen molar-refractivity contribution in [2.75, 3.05) is 23.4 Å². The van der Waals surface area contributed by atoms with Gasteiger partial charge < -0.3 is 23.6 Å². The molecule has 0 aliphatic heterocycles. The molecule has 172 valence electrons. The normalized spacial score (nSPS) is 10.3. The van der Waals surface area contributed by atoms with Gasteiger partial charge in [-0.15, -0.1) is 0 Å². The summed E-state index contributed by atoms with van der Waals surface area (Å²) in [4.78, 5) is 25.9. The van der Waals surface area contributed by atoms with Crippen molar-refractivity contribution in [2.24, 2.45) is 0 Å². The van der Waals surface area contributed by atoms with E-state index in [0.29, 0.717) is 28.6 Å². The molecule has 33 heavy (non-hydrogen) atoms. The van der Waals surface area contributed by atoms with Crippen LogP contribution in [0.4, 0.5) is 21.9 Å². The van der Waals surface area contributed by atoms with Crippen molar-refractivity contribution in [3.05, 3.63) is 55.1 Å². The smallest absolute Gasteiger partial charge is 0.412 e. The molecule has 0 atom stereocenters. The Morgan fingerprint density at radius 2 is 1.70 bits per heavy atom. The number of carbonyl (C=O) groups is 1. The molecule has 10 nitrogen and oxygen atoms in total. The highest BCUT2D eigenvalue weighted by molar-refractivity contribution is 5.85. The van der Waals surface area contributed by atoms with Crippen molar-refractivity contribution in [1.29, 1.82) is 0 Å². The SMILES string of the molecule is COc1cc(NOC#CONc2cccc(NC(=O)OC(C)(C)C)c2)ccc1-c1cnco1. The van der Waals surface area contributed by atoms with Gasteiger partial charge in [-0.3, -0.25) is 5.32 Å². The van der Waals surface area contributed by atoms with E-state index in [1.165, 1.54) is 6.39 Å². The first-order valence-electron chi connectivity index (χ1n) is 9.85. The van der Waals surface area contributed by atoms with E-state index in [4.69, 9.17) is 23.6 Å². The third kappa shape index (κ3) is 7.29. The number of hydrogen-bond acceptors (Lipinski definition) is 9. The highest BCUT2D eigenvalue weighted by Crippen LogP contribution is 2.32. The minimum atomic E-state index is -0.587. The molecule has 0 unspecified atom stereocenters. The van der Waals surface area contributed by atoms with Gasteiger partial charge in [-0.1, -0.05) is 6.07 Å². The Morgan fingerprint density at radius 3 is 2.33 bits per heavy atom. The third-order valence-electron chi connectivity index (χ3n) is 3.89. The van der Waals surface area contributed by atoms with Crippen LogP contribution in [0, 0.1) is 12.2 Å². The van der Waals surface area contributed by atoms with E-state index in [1.807, 2.05) is 0 Å². The van der Waals surface area contributed by atoms with Crippen LogP contribution in [-0.2, 0) is 14.4 Å². The lowest BCUT2D eigenvalue weighted by Gasteiger charge is -2.19. The van der Waals surface area contributed by atoms with Gasteiger partial charge in [0.25, 0.3) is 0 Å². The predicted molar refractivity (Wildman–Crippen MR) is 122 cm³/mol. The zero-order chi connectivity index (χ0) is 23.7. The summed E-state index contributed by atoms with van der Waals surface area (Å²) < 4.78 is 15.9. The topological polar surface area (TPSA) is 116 Å². The van der Waals surface area contributed by atoms with Gasteiger partial charge >= 0.3 is 6.09 Å². The van der Waals surface area contributed by atoms with Gasteiger partial charge in [-0.2, -0.15) is 0 Å². The molecule has 0 aliphatic rings. The largest absolute Gasteiger partial charge is 0.496 e. The number of methoxy groups -OCH3 is 1. The molecular weight excluding hydrogens is 428 g/mol. The molecule has 0 saturated heterocycles. The van der Waals surface area contributed by atoms with Crippen LogP contribution in [0.15, 0.2) is 59.5 Å². The quantitative estimate of drug-likeness (QED) is 0.336. The Kier molecular flexibility index (Phi) is 7.49. The van der Waals surface area contributed by atoms with Crippen molar-refractivity contribution in [3.63, 3.8) is 0 Å². The van der Waals surface area contributed by atoms with E-state index in [1.54, 1.807) is 76.5 Å². The van der Waals surface area contributed by atoms with Gasteiger partial charge in [0.2, 0.25) is 0 Å². The molecule has 0 fully saturated rings. The van der Waals surface area contributed by atoms with Crippen LogP contribution in [0.5, 0.6) is 5.75 Å². The first kappa shape index (κ1) is 23.1. The van der Waals surface area contributed by atoms with Crippen LogP contribution in [-0.4, -0.2) is 23.8 Å². The monoisotopic (exact) mass is 452 g/mol. The average Bonchev–Trinajstić information content (AvgIpc) is 3.29. The van der Waals surface area contributed by atoms with Gasteiger partial charge in [0.05, 0.1) is 30.2 Å². The lowest BCUT2D eigenvalue weighted by molar-refractivity contribution is 0.0636. The summed E-state index contributed by atoms with van der Waals surface area (Å²) in [6.07, 6.45) is 7.09. The molecule has 1 aromatic heterocycles. The molecule has 0 bridgehead atoms. The summed E-state index contributed by atoms with van der Waals surface area (Å²) in [6, 6.07) is 12.1. The maximum Gasteiger partial charge on any atom is 0.412 e. The van der Waals surface area contributed by atoms with Crippen molar-refractivity contribution in [1.82, 2.24) is 4.98 Å². The molecule has 3 N–H and O–H groups in total. The Hall–Kier alpha value is -4.52. The molecule has 1 heterocycles. The second-order valence-corrected chi connectivity index (χ2v) is 7.60. The Labute approximate surface area is 191 Å². The molecule has 3 aromatic rings. The molecule has 10 heteroatoms. The van der Waals surface area contributed by atoms with E-state index in [0.717, 1.165) is 5.56 Å². The Bertz CT molecular complexity index is 1130. The molecule has 0 radical (unpaired) electrons. The van der Waals surface area contributed by atoms with Gasteiger partial charge in [0.1, 0.15) is 11.4 Å². The third-order valence-corrected chi connectivity index (χ3v) is 3.89. The number of hydrogen-bond donors (Lipinski definition) is 3. The van der Waals surface area contributed by atoms with Crippen LogP contribution in [0.1, 0.15) is 20.8 Å². The first-order chi connectivity index (χ1) is 15.8. The van der Waals surface area contributed by atoms with E-state index in [2.05, 4.69) is 33.5 Å². The molecule has 0 saturated carbocycles. The first-order valence-corrected chi connectivity index (χ1v) is 9.85. The van der Waals surface area contributed by atoms with Crippen molar-refractivity contribution >= 4 is 23.2 Å². The van der Waals surface area contributed by atoms with E-state index in [-0.39, 0.29) is 0 Å². The fraction of sp³-hybridized carbons (Fsp3) is 0.217. The maximum absolute atomic E-state index is 11.9. The number of rotatable bonds is 7. The minimum absolute atomic E-state index is 0.534. The summed E-state index contributed by atoms with van der Waals surface area (Å²) in [5.74, 6) is 1.16. The molecule has 3 rings (SSSR count). The fourth-order valence-electron chi connectivity index (χ4n) is 2.60. The second kappa shape index (κ2) is 10.7. The Morgan fingerprint density at radius 1 is 1.00 bits per heavy atom. The summed E-state index contributed by atoms with van der Waals surface area (Å²) in [5, 5.41) is 2.64. The number of aromatic nitrogens is 1. The van der Waals surface area contributed by atoms with Gasteiger partial charge in [0.15, 0.2) is 24.4 Å². The number of benzene rings is 2. The molecule has 2 aromatic carbocycles. The highest BCUT2D eigenvalue weighted by Gasteiger charge is 2.16. The van der Waals surface area contributed by atoms with Crippen LogP contribution < -0.4 is 21.0 Å². The summed E-state index contributed by atoms with van der Waals surface area (Å²) in [5.41, 5.74) is 7.18. The lowest BCUT2D eigenvalue weighted by Crippen LogP contribution is -2.27. The number of amides is 1. The molecular formula is C23H24N4O6. The standard InChI is InChI=1S/C23H24N4O6/c1-23(2,3)33-22(28)25-16-6-5-7-17(12-16)26-31-10-11-32-27-18-8-9-19(20(13-18)29-4)21-14-24-15-30-21/h5-9,12-15,26-27H,1-4H3,(H,25,28). The highest BCUT2D eigenvalue weighted by atomic mass is 16.7. The summed E-state index contributed by atoms with van der Waals surface area (Å²) in [7, 11) is 1.55. The number of oxazole rings is 1. The van der Waals surface area contributed by atoms with E-state index >= 15 is 0 Å². The fourth-order valence-corrected chi connectivity index (χ4v) is 2.60. The number of anilines is 3. The molecule has 1 amide bonds. The number of ether oxygens (including phenoxy) is 2. The van der Waals surface area contributed by atoms with Crippen LogP contribution >= 0.6 is 0 Å². The van der Waals surface area contributed by atoms with Gasteiger partial charge in [-0.25, -0.2) is 20.7 Å². The predicted octanol–water partition coefficient (Wildman–Crippen LogP) is 5.00. The molecule has 0 spiro atoms. The van der Waals surface area contributed by atoms with Crippen molar-refractivity contribution in [2.45, 2.75) is 26.4 Å². The zero-order valence-corrected chi connectivity index (χ0v) is 18.6.